The zero-order valence-electron chi connectivity index (χ0n) is 12.2. The van der Waals surface area contributed by atoms with E-state index >= 15 is 0 Å². The van der Waals surface area contributed by atoms with Crippen LogP contribution in [0.3, 0.4) is 0 Å². The first-order valence-electron chi connectivity index (χ1n) is 7.05. The molecule has 110 valence electrons. The van der Waals surface area contributed by atoms with Gasteiger partial charge in [-0.05, 0) is 23.8 Å². The molecular formula is C16H14FN5. The molecule has 1 atom stereocenters. The van der Waals surface area contributed by atoms with Gasteiger partial charge in [-0.15, -0.1) is 0 Å². The van der Waals surface area contributed by atoms with E-state index in [1.807, 2.05) is 25.1 Å². The monoisotopic (exact) mass is 295 g/mol. The number of hydrogen-bond acceptors (Lipinski definition) is 3. The van der Waals surface area contributed by atoms with Gasteiger partial charge in [0.15, 0.2) is 5.65 Å². The number of rotatable bonds is 2. The molecule has 0 saturated heterocycles. The Labute approximate surface area is 126 Å². The van der Waals surface area contributed by atoms with Gasteiger partial charge < -0.3 is 0 Å². The smallest absolute Gasteiger partial charge is 0.153 e. The van der Waals surface area contributed by atoms with E-state index in [4.69, 9.17) is 0 Å². The van der Waals surface area contributed by atoms with Gasteiger partial charge in [-0.25, -0.2) is 13.9 Å². The molecule has 6 heteroatoms. The molecule has 0 spiro atoms. The van der Waals surface area contributed by atoms with Gasteiger partial charge in [0.05, 0.1) is 23.6 Å². The van der Waals surface area contributed by atoms with E-state index in [0.717, 1.165) is 22.2 Å². The average Bonchev–Trinajstić information content (AvgIpc) is 3.10. The van der Waals surface area contributed by atoms with Crippen molar-refractivity contribution in [1.82, 2.24) is 24.4 Å². The fraction of sp³-hybridized carbons (Fsp3) is 0.188. The Morgan fingerprint density at radius 1 is 1.18 bits per heavy atom. The normalized spacial score (nSPS) is 13.0. The highest BCUT2D eigenvalue weighted by atomic mass is 19.1. The van der Waals surface area contributed by atoms with Crippen LogP contribution in [-0.4, -0.2) is 24.4 Å². The topological polar surface area (TPSA) is 48.0 Å². The number of fused-ring (bicyclic) bond motifs is 2. The maximum absolute atomic E-state index is 14.5. The van der Waals surface area contributed by atoms with Crippen molar-refractivity contribution in [2.75, 3.05) is 0 Å². The third-order valence-electron chi connectivity index (χ3n) is 4.08. The van der Waals surface area contributed by atoms with Crippen molar-refractivity contribution >= 4 is 16.6 Å². The van der Waals surface area contributed by atoms with Crippen molar-refractivity contribution in [3.05, 3.63) is 59.9 Å². The summed E-state index contributed by atoms with van der Waals surface area (Å²) in [6.07, 6.45) is 5.20. The van der Waals surface area contributed by atoms with Crippen molar-refractivity contribution < 1.29 is 4.39 Å². The fourth-order valence-electron chi connectivity index (χ4n) is 2.83. The molecule has 5 nitrogen and oxygen atoms in total. The van der Waals surface area contributed by atoms with E-state index in [2.05, 4.69) is 15.2 Å². The number of aromatic nitrogens is 5. The summed E-state index contributed by atoms with van der Waals surface area (Å²) in [6.45, 7) is 1.96. The van der Waals surface area contributed by atoms with Crippen LogP contribution in [0, 0.1) is 5.82 Å². The second-order valence-corrected chi connectivity index (χ2v) is 5.40. The molecule has 0 amide bonds. The first-order chi connectivity index (χ1) is 10.6. The summed E-state index contributed by atoms with van der Waals surface area (Å²) in [7, 11) is 1.80. The van der Waals surface area contributed by atoms with Crippen molar-refractivity contribution in [3.8, 4) is 0 Å². The highest BCUT2D eigenvalue weighted by Gasteiger charge is 2.19. The van der Waals surface area contributed by atoms with E-state index < -0.39 is 0 Å². The van der Waals surface area contributed by atoms with Gasteiger partial charge in [0.25, 0.3) is 0 Å². The first kappa shape index (κ1) is 12.9. The van der Waals surface area contributed by atoms with Crippen LogP contribution in [0.5, 0.6) is 0 Å². The summed E-state index contributed by atoms with van der Waals surface area (Å²) in [6, 6.07) is 7.10. The van der Waals surface area contributed by atoms with Gasteiger partial charge >= 0.3 is 0 Å². The van der Waals surface area contributed by atoms with Crippen LogP contribution in [0.2, 0.25) is 0 Å². The summed E-state index contributed by atoms with van der Waals surface area (Å²) >= 11 is 0. The molecule has 0 aliphatic rings. The molecule has 0 saturated carbocycles. The lowest BCUT2D eigenvalue weighted by atomic mass is 9.96. The van der Waals surface area contributed by atoms with Crippen molar-refractivity contribution in [2.24, 2.45) is 7.05 Å². The van der Waals surface area contributed by atoms with Crippen LogP contribution in [0.4, 0.5) is 4.39 Å². The number of nitrogens with zero attached hydrogens (tertiary/aromatic N) is 5. The fourth-order valence-corrected chi connectivity index (χ4v) is 2.83. The molecule has 0 unspecified atom stereocenters. The minimum absolute atomic E-state index is 0.158. The maximum atomic E-state index is 14.5. The summed E-state index contributed by atoms with van der Waals surface area (Å²) in [5.41, 5.74) is 3.02. The number of halogens is 1. The standard InChI is InChI=1S/C16H14FN5/c1-10(15-9-18-16-4-3-5-19-22(15)16)12-6-11-8-20-21(2)14(11)7-13(12)17/h3-10H,1-2H3/t10-/m0/s1. The van der Waals surface area contributed by atoms with Gasteiger partial charge in [-0.1, -0.05) is 6.92 Å². The molecule has 0 N–H and O–H groups in total. The number of hydrogen-bond donors (Lipinski definition) is 0. The SMILES string of the molecule is C[C@@H](c1cc2cnn(C)c2cc1F)c1cnc2cccnn12. The van der Waals surface area contributed by atoms with Gasteiger partial charge in [0, 0.05) is 30.6 Å². The van der Waals surface area contributed by atoms with Gasteiger partial charge in [0.1, 0.15) is 5.82 Å². The van der Waals surface area contributed by atoms with Crippen LogP contribution < -0.4 is 0 Å². The minimum Gasteiger partial charge on any atom is -0.268 e. The van der Waals surface area contributed by atoms with Crippen molar-refractivity contribution in [1.29, 1.82) is 0 Å². The number of imidazole rings is 1. The van der Waals surface area contributed by atoms with Crippen molar-refractivity contribution in [2.45, 2.75) is 12.8 Å². The quantitative estimate of drug-likeness (QED) is 0.571. The minimum atomic E-state index is -0.241. The molecule has 3 aromatic heterocycles. The number of aryl methyl sites for hydroxylation is 1. The average molecular weight is 295 g/mol. The Kier molecular flexibility index (Phi) is 2.72. The Morgan fingerprint density at radius 2 is 2.05 bits per heavy atom. The van der Waals surface area contributed by atoms with Gasteiger partial charge in [-0.2, -0.15) is 10.2 Å². The lowest BCUT2D eigenvalue weighted by molar-refractivity contribution is 0.599. The Hall–Kier alpha value is -2.76. The highest BCUT2D eigenvalue weighted by Crippen LogP contribution is 2.29. The zero-order valence-corrected chi connectivity index (χ0v) is 12.2. The Morgan fingerprint density at radius 3 is 2.91 bits per heavy atom. The highest BCUT2D eigenvalue weighted by molar-refractivity contribution is 5.79. The van der Waals surface area contributed by atoms with Crippen LogP contribution in [-0.2, 0) is 7.05 Å². The maximum Gasteiger partial charge on any atom is 0.153 e. The first-order valence-corrected chi connectivity index (χ1v) is 7.05. The van der Waals surface area contributed by atoms with E-state index in [1.165, 1.54) is 6.07 Å². The molecule has 3 heterocycles. The van der Waals surface area contributed by atoms with Crippen LogP contribution in [0.1, 0.15) is 24.1 Å². The summed E-state index contributed by atoms with van der Waals surface area (Å²) in [4.78, 5) is 4.32. The molecule has 0 radical (unpaired) electrons. The van der Waals surface area contributed by atoms with E-state index in [9.17, 15) is 4.39 Å². The summed E-state index contributed by atoms with van der Waals surface area (Å²) < 4.78 is 17.9. The molecule has 0 aliphatic carbocycles. The van der Waals surface area contributed by atoms with Crippen LogP contribution in [0.15, 0.2) is 42.9 Å². The third kappa shape index (κ3) is 1.80. The predicted molar refractivity (Wildman–Crippen MR) is 81.2 cm³/mol. The molecule has 0 fully saturated rings. The molecule has 4 aromatic rings. The predicted octanol–water partition coefficient (Wildman–Crippen LogP) is 2.91. The molecule has 1 aromatic carbocycles. The van der Waals surface area contributed by atoms with Crippen LogP contribution >= 0.6 is 0 Å². The molecule has 22 heavy (non-hydrogen) atoms. The second kappa shape index (κ2) is 4.62. The Bertz CT molecular complexity index is 985. The van der Waals surface area contributed by atoms with E-state index in [0.29, 0.717) is 5.56 Å². The Balaban J connectivity index is 1.88. The summed E-state index contributed by atoms with van der Waals surface area (Å²) in [5, 5.41) is 9.39. The van der Waals surface area contributed by atoms with Gasteiger partial charge in [-0.3, -0.25) is 4.68 Å². The lowest BCUT2D eigenvalue weighted by Gasteiger charge is -2.12. The van der Waals surface area contributed by atoms with E-state index in [1.54, 1.807) is 34.8 Å². The second-order valence-electron chi connectivity index (χ2n) is 5.40. The molecule has 0 bridgehead atoms. The van der Waals surface area contributed by atoms with Crippen molar-refractivity contribution in [3.63, 3.8) is 0 Å². The lowest BCUT2D eigenvalue weighted by Crippen LogP contribution is -2.05. The van der Waals surface area contributed by atoms with Gasteiger partial charge in [0.2, 0.25) is 0 Å². The largest absolute Gasteiger partial charge is 0.268 e. The molecule has 0 aliphatic heterocycles. The van der Waals surface area contributed by atoms with E-state index in [-0.39, 0.29) is 11.7 Å². The number of benzene rings is 1. The third-order valence-corrected chi connectivity index (χ3v) is 4.08. The zero-order chi connectivity index (χ0) is 15.3. The van der Waals surface area contributed by atoms with Crippen LogP contribution in [0.25, 0.3) is 16.6 Å². The molecule has 4 rings (SSSR count). The molecular weight excluding hydrogens is 281 g/mol. The summed E-state index contributed by atoms with van der Waals surface area (Å²) in [5.74, 6) is -0.399.